The van der Waals surface area contributed by atoms with Gasteiger partial charge in [-0.1, -0.05) is 6.07 Å². The van der Waals surface area contributed by atoms with E-state index in [-0.39, 0.29) is 5.82 Å². The van der Waals surface area contributed by atoms with Gasteiger partial charge in [0, 0.05) is 43.5 Å². The Bertz CT molecular complexity index is 477. The van der Waals surface area contributed by atoms with Crippen LogP contribution in [0, 0.1) is 5.82 Å². The quantitative estimate of drug-likeness (QED) is 0.907. The summed E-state index contributed by atoms with van der Waals surface area (Å²) in [6.45, 7) is 6.12. The van der Waals surface area contributed by atoms with Gasteiger partial charge in [0.05, 0.1) is 13.2 Å². The molecule has 5 heteroatoms. The molecule has 0 aliphatic carbocycles. The number of anilines is 1. The zero-order valence-corrected chi connectivity index (χ0v) is 12.4. The molecule has 0 aromatic heterocycles. The first kappa shape index (κ1) is 14.8. The first-order valence-electron chi connectivity index (χ1n) is 7.84. The van der Waals surface area contributed by atoms with Crippen molar-refractivity contribution in [2.75, 3.05) is 50.8 Å². The number of nitrogens with two attached hydrogens (primary N) is 1. The number of hydrogen-bond donors (Lipinski definition) is 1. The zero-order chi connectivity index (χ0) is 14.7. The molecule has 0 amide bonds. The van der Waals surface area contributed by atoms with E-state index in [1.165, 1.54) is 6.07 Å². The number of rotatable bonds is 4. The summed E-state index contributed by atoms with van der Waals surface area (Å²) in [5.41, 5.74) is 7.42. The highest BCUT2D eigenvalue weighted by atomic mass is 19.1. The smallest absolute Gasteiger partial charge is 0.128 e. The second-order valence-electron chi connectivity index (χ2n) is 5.81. The summed E-state index contributed by atoms with van der Waals surface area (Å²) < 4.78 is 19.5. The third-order valence-electron chi connectivity index (χ3n) is 4.55. The van der Waals surface area contributed by atoms with Crippen molar-refractivity contribution in [1.29, 1.82) is 0 Å². The molecule has 1 aromatic carbocycles. The van der Waals surface area contributed by atoms with Crippen molar-refractivity contribution in [1.82, 2.24) is 4.90 Å². The minimum absolute atomic E-state index is 0.132. The molecule has 0 spiro atoms. The lowest BCUT2D eigenvalue weighted by Gasteiger charge is -2.32. The van der Waals surface area contributed by atoms with Crippen molar-refractivity contribution < 1.29 is 9.13 Å². The van der Waals surface area contributed by atoms with Crippen LogP contribution in [0.25, 0.3) is 0 Å². The van der Waals surface area contributed by atoms with E-state index in [9.17, 15) is 4.39 Å². The Morgan fingerprint density at radius 1 is 1.24 bits per heavy atom. The van der Waals surface area contributed by atoms with Gasteiger partial charge in [-0.25, -0.2) is 4.39 Å². The number of halogens is 1. The molecule has 0 radical (unpaired) electrons. The fourth-order valence-electron chi connectivity index (χ4n) is 3.44. The molecule has 4 nitrogen and oxygen atoms in total. The molecule has 1 aromatic rings. The highest BCUT2D eigenvalue weighted by molar-refractivity contribution is 5.55. The van der Waals surface area contributed by atoms with Crippen LogP contribution in [0.1, 0.15) is 12.0 Å². The molecule has 1 unspecified atom stereocenters. The van der Waals surface area contributed by atoms with Gasteiger partial charge in [0.2, 0.25) is 0 Å². The second kappa shape index (κ2) is 6.73. The normalized spacial score (nSPS) is 23.7. The van der Waals surface area contributed by atoms with Crippen LogP contribution in [0.4, 0.5) is 10.1 Å². The monoisotopic (exact) mass is 293 g/mol. The lowest BCUT2D eigenvalue weighted by atomic mass is 10.1. The zero-order valence-electron chi connectivity index (χ0n) is 12.4. The maximum absolute atomic E-state index is 14.0. The van der Waals surface area contributed by atoms with Gasteiger partial charge >= 0.3 is 0 Å². The van der Waals surface area contributed by atoms with Crippen molar-refractivity contribution in [2.45, 2.75) is 18.9 Å². The molecule has 2 aliphatic heterocycles. The van der Waals surface area contributed by atoms with E-state index in [4.69, 9.17) is 10.5 Å². The van der Waals surface area contributed by atoms with Crippen molar-refractivity contribution in [3.8, 4) is 0 Å². The van der Waals surface area contributed by atoms with Crippen LogP contribution in [0.2, 0.25) is 0 Å². The number of nitrogens with zero attached hydrogens (tertiary/aromatic N) is 2. The number of hydrogen-bond acceptors (Lipinski definition) is 4. The second-order valence-corrected chi connectivity index (χ2v) is 5.81. The van der Waals surface area contributed by atoms with Crippen molar-refractivity contribution in [2.24, 2.45) is 5.73 Å². The maximum atomic E-state index is 14.0. The summed E-state index contributed by atoms with van der Waals surface area (Å²) in [4.78, 5) is 4.82. The van der Waals surface area contributed by atoms with Gasteiger partial charge in [0.25, 0.3) is 0 Å². The predicted molar refractivity (Wildman–Crippen MR) is 82.2 cm³/mol. The third-order valence-corrected chi connectivity index (χ3v) is 4.55. The van der Waals surface area contributed by atoms with Crippen LogP contribution in [0.5, 0.6) is 0 Å². The summed E-state index contributed by atoms with van der Waals surface area (Å²) >= 11 is 0. The van der Waals surface area contributed by atoms with E-state index >= 15 is 0 Å². The van der Waals surface area contributed by atoms with Crippen LogP contribution in [-0.2, 0) is 11.2 Å². The molecule has 2 saturated heterocycles. The summed E-state index contributed by atoms with van der Waals surface area (Å²) in [5, 5.41) is 0. The number of ether oxygens (including phenoxy) is 1. The molecule has 116 valence electrons. The SMILES string of the molecule is NCCc1c(F)cccc1N1CCC(N2CCOCC2)C1. The fraction of sp³-hybridized carbons (Fsp3) is 0.625. The van der Waals surface area contributed by atoms with E-state index in [2.05, 4.69) is 9.80 Å². The van der Waals surface area contributed by atoms with Gasteiger partial charge in [-0.3, -0.25) is 4.90 Å². The van der Waals surface area contributed by atoms with E-state index in [1.807, 2.05) is 6.07 Å². The molecule has 3 rings (SSSR count). The Morgan fingerprint density at radius 2 is 2.05 bits per heavy atom. The average molecular weight is 293 g/mol. The summed E-state index contributed by atoms with van der Waals surface area (Å²) in [5.74, 6) is -0.132. The molecule has 0 saturated carbocycles. The molecule has 2 fully saturated rings. The Hall–Kier alpha value is -1.17. The standard InChI is InChI=1S/C16H24FN3O/c17-15-2-1-3-16(14(15)4-6-18)20-7-5-13(12-20)19-8-10-21-11-9-19/h1-3,13H,4-12,18H2. The minimum Gasteiger partial charge on any atom is -0.379 e. The molecule has 0 bridgehead atoms. The van der Waals surface area contributed by atoms with E-state index < -0.39 is 0 Å². The molecular formula is C16H24FN3O. The third kappa shape index (κ3) is 3.20. The lowest BCUT2D eigenvalue weighted by molar-refractivity contribution is 0.0209. The van der Waals surface area contributed by atoms with E-state index in [0.29, 0.717) is 19.0 Å². The van der Waals surface area contributed by atoms with Crippen molar-refractivity contribution in [3.63, 3.8) is 0 Å². The fourth-order valence-corrected chi connectivity index (χ4v) is 3.44. The molecule has 2 aliphatic rings. The first-order valence-corrected chi connectivity index (χ1v) is 7.84. The predicted octanol–water partition coefficient (Wildman–Crippen LogP) is 1.24. The van der Waals surface area contributed by atoms with Crippen molar-refractivity contribution >= 4 is 5.69 Å². The van der Waals surface area contributed by atoms with E-state index in [0.717, 1.165) is 57.1 Å². The lowest BCUT2D eigenvalue weighted by Crippen LogP contribution is -2.44. The molecule has 21 heavy (non-hydrogen) atoms. The summed E-state index contributed by atoms with van der Waals surface area (Å²) in [7, 11) is 0. The van der Waals surface area contributed by atoms with Gasteiger partial charge in [-0.2, -0.15) is 0 Å². The highest BCUT2D eigenvalue weighted by Gasteiger charge is 2.30. The summed E-state index contributed by atoms with van der Waals surface area (Å²) in [6.07, 6.45) is 1.74. The molecular weight excluding hydrogens is 269 g/mol. The molecule has 2 heterocycles. The summed E-state index contributed by atoms with van der Waals surface area (Å²) in [6, 6.07) is 5.91. The van der Waals surface area contributed by atoms with Crippen LogP contribution in [0.15, 0.2) is 18.2 Å². The Labute approximate surface area is 125 Å². The molecule has 1 atom stereocenters. The van der Waals surface area contributed by atoms with Crippen LogP contribution >= 0.6 is 0 Å². The Kier molecular flexibility index (Phi) is 4.73. The van der Waals surface area contributed by atoms with Gasteiger partial charge in [-0.15, -0.1) is 0 Å². The van der Waals surface area contributed by atoms with Crippen molar-refractivity contribution in [3.05, 3.63) is 29.6 Å². The minimum atomic E-state index is -0.132. The van der Waals surface area contributed by atoms with Gasteiger partial charge in [0.1, 0.15) is 5.82 Å². The van der Waals surface area contributed by atoms with Crippen LogP contribution in [0.3, 0.4) is 0 Å². The average Bonchev–Trinajstić information content (AvgIpc) is 3.00. The topological polar surface area (TPSA) is 41.7 Å². The largest absolute Gasteiger partial charge is 0.379 e. The Morgan fingerprint density at radius 3 is 2.81 bits per heavy atom. The van der Waals surface area contributed by atoms with Gasteiger partial charge in [0.15, 0.2) is 0 Å². The van der Waals surface area contributed by atoms with Gasteiger partial charge < -0.3 is 15.4 Å². The van der Waals surface area contributed by atoms with Crippen LogP contribution in [-0.4, -0.2) is 56.9 Å². The number of benzene rings is 1. The van der Waals surface area contributed by atoms with Crippen LogP contribution < -0.4 is 10.6 Å². The highest BCUT2D eigenvalue weighted by Crippen LogP contribution is 2.28. The number of morpholine rings is 1. The first-order chi connectivity index (χ1) is 10.3. The van der Waals surface area contributed by atoms with E-state index in [1.54, 1.807) is 6.07 Å². The van der Waals surface area contributed by atoms with Gasteiger partial charge in [-0.05, 0) is 31.5 Å². The molecule has 2 N–H and O–H groups in total. The maximum Gasteiger partial charge on any atom is 0.128 e. The Balaban J connectivity index is 1.72.